The molecule has 0 spiro atoms. The molecule has 0 radical (unpaired) electrons. The van der Waals surface area contributed by atoms with E-state index >= 15 is 0 Å². The fourth-order valence-electron chi connectivity index (χ4n) is 2.63. The maximum Gasteiger partial charge on any atom is 0.142 e. The van der Waals surface area contributed by atoms with Crippen molar-refractivity contribution in [3.05, 3.63) is 35.5 Å². The van der Waals surface area contributed by atoms with Crippen LogP contribution in [0.2, 0.25) is 0 Å². The first-order chi connectivity index (χ1) is 10.4. The Morgan fingerprint density at radius 3 is 2.90 bits per heavy atom. The van der Waals surface area contributed by atoms with E-state index in [4.69, 9.17) is 0 Å². The highest BCUT2D eigenvalue weighted by molar-refractivity contribution is 7.13. The topological polar surface area (TPSA) is 41.1 Å². The third kappa shape index (κ3) is 4.33. The lowest BCUT2D eigenvalue weighted by molar-refractivity contribution is 0.229. The van der Waals surface area contributed by atoms with Crippen LogP contribution in [0.4, 0.5) is 0 Å². The quantitative estimate of drug-likeness (QED) is 0.833. The molecule has 0 saturated carbocycles. The van der Waals surface area contributed by atoms with Crippen molar-refractivity contribution in [2.45, 2.75) is 25.8 Å². The molecule has 1 aliphatic rings. The van der Waals surface area contributed by atoms with Crippen LogP contribution < -0.4 is 5.32 Å². The summed E-state index contributed by atoms with van der Waals surface area (Å²) in [7, 11) is 0. The Morgan fingerprint density at radius 1 is 1.19 bits per heavy atom. The highest BCUT2D eigenvalue weighted by Crippen LogP contribution is 2.21. The van der Waals surface area contributed by atoms with Crippen molar-refractivity contribution in [1.82, 2.24) is 20.2 Å². The van der Waals surface area contributed by atoms with Crippen molar-refractivity contribution in [2.24, 2.45) is 0 Å². The fraction of sp³-hybridized carbons (Fsp3) is 0.500. The number of nitrogens with zero attached hydrogens (tertiary/aromatic N) is 3. The zero-order valence-electron chi connectivity index (χ0n) is 12.3. The summed E-state index contributed by atoms with van der Waals surface area (Å²) in [6, 6.07) is 5.94. The molecule has 0 atom stereocenters. The zero-order valence-corrected chi connectivity index (χ0v) is 13.1. The Morgan fingerprint density at radius 2 is 2.10 bits per heavy atom. The predicted octanol–water partition coefficient (Wildman–Crippen LogP) is 2.78. The lowest BCUT2D eigenvalue weighted by Gasteiger charge is -2.26. The van der Waals surface area contributed by atoms with E-state index in [0.717, 1.165) is 36.0 Å². The van der Waals surface area contributed by atoms with Gasteiger partial charge in [-0.1, -0.05) is 12.5 Å². The molecule has 4 nitrogen and oxygen atoms in total. The molecular weight excluding hydrogens is 280 g/mol. The van der Waals surface area contributed by atoms with Crippen molar-refractivity contribution in [2.75, 3.05) is 26.2 Å². The van der Waals surface area contributed by atoms with Gasteiger partial charge in [-0.2, -0.15) is 0 Å². The highest BCUT2D eigenvalue weighted by atomic mass is 32.1. The number of piperidine rings is 1. The van der Waals surface area contributed by atoms with Crippen LogP contribution in [0.15, 0.2) is 29.8 Å². The summed E-state index contributed by atoms with van der Waals surface area (Å²) in [6.45, 7) is 5.56. The minimum Gasteiger partial charge on any atom is -0.310 e. The molecule has 2 aromatic heterocycles. The zero-order chi connectivity index (χ0) is 14.3. The molecule has 0 amide bonds. The molecule has 1 aliphatic heterocycles. The van der Waals surface area contributed by atoms with E-state index in [1.807, 2.05) is 24.4 Å². The number of hydrogen-bond donors (Lipinski definition) is 1. The largest absolute Gasteiger partial charge is 0.310 e. The van der Waals surface area contributed by atoms with Crippen LogP contribution in [0, 0.1) is 0 Å². The summed E-state index contributed by atoms with van der Waals surface area (Å²) in [5.74, 6) is 0. The smallest absolute Gasteiger partial charge is 0.142 e. The molecule has 21 heavy (non-hydrogen) atoms. The van der Waals surface area contributed by atoms with Gasteiger partial charge in [0.05, 0.1) is 11.4 Å². The van der Waals surface area contributed by atoms with Gasteiger partial charge in [-0.3, -0.25) is 4.98 Å². The molecule has 5 heteroatoms. The number of thiazole rings is 1. The molecule has 2 aromatic rings. The number of likely N-dealkylation sites (tertiary alicyclic amines) is 1. The summed E-state index contributed by atoms with van der Waals surface area (Å²) in [6.07, 6.45) is 5.94. The number of nitrogens with one attached hydrogen (secondary N) is 1. The number of aromatic nitrogens is 2. The Balaban J connectivity index is 1.42. The number of rotatable bonds is 6. The van der Waals surface area contributed by atoms with Crippen LogP contribution in [-0.4, -0.2) is 41.0 Å². The predicted molar refractivity (Wildman–Crippen MR) is 87.3 cm³/mol. The van der Waals surface area contributed by atoms with Gasteiger partial charge in [0.1, 0.15) is 5.01 Å². The number of hydrogen-bond acceptors (Lipinski definition) is 5. The van der Waals surface area contributed by atoms with Gasteiger partial charge in [0.25, 0.3) is 0 Å². The van der Waals surface area contributed by atoms with E-state index in [9.17, 15) is 0 Å². The third-order valence-corrected chi connectivity index (χ3v) is 4.71. The average molecular weight is 302 g/mol. The van der Waals surface area contributed by atoms with Crippen LogP contribution in [0.1, 0.15) is 25.0 Å². The summed E-state index contributed by atoms with van der Waals surface area (Å²) in [5, 5.41) is 6.62. The lowest BCUT2D eigenvalue weighted by atomic mass is 10.1. The second kappa shape index (κ2) is 7.64. The van der Waals surface area contributed by atoms with Gasteiger partial charge in [-0.15, -0.1) is 11.3 Å². The first kappa shape index (κ1) is 14.6. The first-order valence-corrected chi connectivity index (χ1v) is 8.59. The Bertz CT molecular complexity index is 534. The number of pyridine rings is 1. The van der Waals surface area contributed by atoms with Crippen molar-refractivity contribution in [3.63, 3.8) is 0 Å². The van der Waals surface area contributed by atoms with Crippen molar-refractivity contribution >= 4 is 11.3 Å². The summed E-state index contributed by atoms with van der Waals surface area (Å²) >= 11 is 1.66. The van der Waals surface area contributed by atoms with Crippen molar-refractivity contribution in [3.8, 4) is 10.7 Å². The first-order valence-electron chi connectivity index (χ1n) is 7.71. The van der Waals surface area contributed by atoms with Crippen LogP contribution in [-0.2, 0) is 6.54 Å². The van der Waals surface area contributed by atoms with E-state index in [-0.39, 0.29) is 0 Å². The standard InChI is InChI=1S/C16H22N4S/c1-4-9-20(10-5-1)11-8-17-12-14-13-21-16(19-14)15-6-2-3-7-18-15/h2-3,6-7,13,17H,1,4-5,8-12H2. The minimum absolute atomic E-state index is 0.844. The van der Waals surface area contributed by atoms with Gasteiger partial charge >= 0.3 is 0 Å². The normalized spacial score (nSPS) is 16.2. The molecule has 0 bridgehead atoms. The fourth-order valence-corrected chi connectivity index (χ4v) is 3.43. The molecule has 3 heterocycles. The molecule has 0 unspecified atom stereocenters. The summed E-state index contributed by atoms with van der Waals surface area (Å²) < 4.78 is 0. The Kier molecular flexibility index (Phi) is 5.32. The molecule has 112 valence electrons. The monoisotopic (exact) mass is 302 g/mol. The van der Waals surface area contributed by atoms with Gasteiger partial charge in [-0.25, -0.2) is 4.98 Å². The molecule has 1 N–H and O–H groups in total. The summed E-state index contributed by atoms with van der Waals surface area (Å²) in [5.41, 5.74) is 2.07. The van der Waals surface area contributed by atoms with Crippen molar-refractivity contribution < 1.29 is 0 Å². The maximum absolute atomic E-state index is 4.64. The third-order valence-electron chi connectivity index (χ3n) is 3.80. The average Bonchev–Trinajstić information content (AvgIpc) is 3.02. The van der Waals surface area contributed by atoms with Gasteiger partial charge < -0.3 is 10.2 Å². The van der Waals surface area contributed by atoms with Gasteiger partial charge in [0, 0.05) is 31.2 Å². The van der Waals surface area contributed by atoms with Gasteiger partial charge in [0.2, 0.25) is 0 Å². The molecular formula is C16H22N4S. The molecule has 1 fully saturated rings. The minimum atomic E-state index is 0.844. The highest BCUT2D eigenvalue weighted by Gasteiger charge is 2.09. The molecule has 0 aromatic carbocycles. The van der Waals surface area contributed by atoms with E-state index in [2.05, 4.69) is 25.6 Å². The Labute approximate surface area is 130 Å². The van der Waals surface area contributed by atoms with Crippen molar-refractivity contribution in [1.29, 1.82) is 0 Å². The van der Waals surface area contributed by atoms with Gasteiger partial charge in [0.15, 0.2) is 0 Å². The second-order valence-corrected chi connectivity index (χ2v) is 6.30. The SMILES string of the molecule is c1ccc(-c2nc(CNCCN3CCCCC3)cs2)nc1. The van der Waals surface area contributed by atoms with Crippen LogP contribution in [0.25, 0.3) is 10.7 Å². The second-order valence-electron chi connectivity index (χ2n) is 5.44. The molecule has 3 rings (SSSR count). The van der Waals surface area contributed by atoms with Crippen LogP contribution in [0.3, 0.4) is 0 Å². The van der Waals surface area contributed by atoms with E-state index in [1.54, 1.807) is 11.3 Å². The Hall–Kier alpha value is -1.30. The van der Waals surface area contributed by atoms with E-state index in [0.29, 0.717) is 0 Å². The van der Waals surface area contributed by atoms with Crippen LogP contribution >= 0.6 is 11.3 Å². The van der Waals surface area contributed by atoms with Crippen LogP contribution in [0.5, 0.6) is 0 Å². The lowest BCUT2D eigenvalue weighted by Crippen LogP contribution is -2.35. The van der Waals surface area contributed by atoms with Gasteiger partial charge in [-0.05, 0) is 38.1 Å². The summed E-state index contributed by atoms with van der Waals surface area (Å²) in [4.78, 5) is 11.5. The molecule has 1 saturated heterocycles. The van der Waals surface area contributed by atoms with E-state index in [1.165, 1.54) is 32.4 Å². The van der Waals surface area contributed by atoms with E-state index < -0.39 is 0 Å². The maximum atomic E-state index is 4.64. The molecule has 0 aliphatic carbocycles.